The molecule has 1 heterocycles. The molecule has 3 aromatic rings. The Morgan fingerprint density at radius 1 is 1.15 bits per heavy atom. The number of fused-ring (bicyclic) bond motifs is 1. The molecule has 3 rings (SSSR count). The molecule has 2 aromatic carbocycles. The van der Waals surface area contributed by atoms with Gasteiger partial charge in [0.05, 0.1) is 10.0 Å². The van der Waals surface area contributed by atoms with Crippen LogP contribution in [0.4, 0.5) is 5.69 Å². The molecule has 0 atom stereocenters. The molecule has 0 aliphatic heterocycles. The van der Waals surface area contributed by atoms with Gasteiger partial charge in [0.25, 0.3) is 0 Å². The molecule has 0 radical (unpaired) electrons. The van der Waals surface area contributed by atoms with Gasteiger partial charge in [0.15, 0.2) is 5.58 Å². The van der Waals surface area contributed by atoms with Gasteiger partial charge in [-0.15, -0.1) is 0 Å². The first-order valence-corrected chi connectivity index (χ1v) is 7.67. The third kappa shape index (κ3) is 2.15. The molecule has 0 aliphatic carbocycles. The predicted molar refractivity (Wildman–Crippen MR) is 88.7 cm³/mol. The summed E-state index contributed by atoms with van der Waals surface area (Å²) in [7, 11) is 0. The molecular formula is C15H12Br2N2O. The summed E-state index contributed by atoms with van der Waals surface area (Å²) < 4.78 is 7.57. The van der Waals surface area contributed by atoms with Crippen molar-refractivity contribution in [2.45, 2.75) is 13.8 Å². The summed E-state index contributed by atoms with van der Waals surface area (Å²) >= 11 is 7.09. The monoisotopic (exact) mass is 394 g/mol. The Kier molecular flexibility index (Phi) is 3.34. The minimum absolute atomic E-state index is 0.552. The van der Waals surface area contributed by atoms with Crippen LogP contribution < -0.4 is 5.73 Å². The molecule has 5 heteroatoms. The highest BCUT2D eigenvalue weighted by molar-refractivity contribution is 9.11. The second-order valence-electron chi connectivity index (χ2n) is 4.77. The lowest BCUT2D eigenvalue weighted by molar-refractivity contribution is 0.619. The van der Waals surface area contributed by atoms with Crippen LogP contribution >= 0.6 is 31.9 Å². The first-order valence-electron chi connectivity index (χ1n) is 6.09. The highest BCUT2D eigenvalue weighted by Gasteiger charge is 2.18. The lowest BCUT2D eigenvalue weighted by Crippen LogP contribution is -1.94. The molecule has 2 N–H and O–H groups in total. The summed E-state index contributed by atoms with van der Waals surface area (Å²) in [5.74, 6) is 0.552. The fraction of sp³-hybridized carbons (Fsp3) is 0.133. The number of hydrogen-bond donors (Lipinski definition) is 1. The van der Waals surface area contributed by atoms with Crippen molar-refractivity contribution in [3.63, 3.8) is 0 Å². The number of rotatable bonds is 1. The van der Waals surface area contributed by atoms with Crippen molar-refractivity contribution < 1.29 is 4.42 Å². The van der Waals surface area contributed by atoms with Crippen LogP contribution in [-0.2, 0) is 0 Å². The van der Waals surface area contributed by atoms with Crippen molar-refractivity contribution in [2.24, 2.45) is 0 Å². The molecule has 1 aromatic heterocycles. The van der Waals surface area contributed by atoms with Crippen LogP contribution in [0.15, 0.2) is 37.6 Å². The van der Waals surface area contributed by atoms with E-state index in [2.05, 4.69) is 36.8 Å². The topological polar surface area (TPSA) is 52.0 Å². The van der Waals surface area contributed by atoms with Gasteiger partial charge >= 0.3 is 0 Å². The van der Waals surface area contributed by atoms with Gasteiger partial charge in [-0.25, -0.2) is 4.98 Å². The Labute approximate surface area is 133 Å². The molecule has 0 fully saturated rings. The summed E-state index contributed by atoms with van der Waals surface area (Å²) in [6.07, 6.45) is 0. The van der Waals surface area contributed by atoms with Gasteiger partial charge in [-0.05, 0) is 75.0 Å². The molecule has 0 spiro atoms. The Balaban J connectivity index is 2.28. The summed E-state index contributed by atoms with van der Waals surface area (Å²) in [5.41, 5.74) is 11.4. The van der Waals surface area contributed by atoms with Crippen LogP contribution in [0.3, 0.4) is 0 Å². The summed E-state index contributed by atoms with van der Waals surface area (Å²) in [5, 5.41) is 0. The lowest BCUT2D eigenvalue weighted by Gasteiger charge is -2.09. The van der Waals surface area contributed by atoms with Crippen molar-refractivity contribution in [2.75, 3.05) is 5.73 Å². The van der Waals surface area contributed by atoms with Crippen LogP contribution in [0.1, 0.15) is 11.1 Å². The molecule has 0 aliphatic rings. The summed E-state index contributed by atoms with van der Waals surface area (Å²) in [6.45, 7) is 3.99. The van der Waals surface area contributed by atoms with Crippen molar-refractivity contribution >= 4 is 48.6 Å². The second kappa shape index (κ2) is 4.90. The SMILES string of the molecule is Cc1ccc2nc(-c3c(Br)cc(C)c(N)c3Br)oc2c1. The van der Waals surface area contributed by atoms with Gasteiger partial charge in [-0.2, -0.15) is 0 Å². The van der Waals surface area contributed by atoms with E-state index in [4.69, 9.17) is 10.2 Å². The maximum atomic E-state index is 6.07. The fourth-order valence-corrected chi connectivity index (χ4v) is 3.76. The number of nitrogen functional groups attached to an aromatic ring is 1. The number of halogens is 2. The number of aryl methyl sites for hydroxylation is 2. The van der Waals surface area contributed by atoms with E-state index in [0.717, 1.165) is 36.7 Å². The average Bonchev–Trinajstić information content (AvgIpc) is 2.78. The number of oxazole rings is 1. The molecule has 0 amide bonds. The second-order valence-corrected chi connectivity index (χ2v) is 6.42. The zero-order valence-electron chi connectivity index (χ0n) is 11.0. The summed E-state index contributed by atoms with van der Waals surface area (Å²) in [4.78, 5) is 4.53. The van der Waals surface area contributed by atoms with Crippen molar-refractivity contribution in [3.8, 4) is 11.5 Å². The Hall–Kier alpha value is -1.33. The lowest BCUT2D eigenvalue weighted by atomic mass is 10.1. The fourth-order valence-electron chi connectivity index (χ4n) is 2.09. The van der Waals surface area contributed by atoms with Gasteiger partial charge in [-0.1, -0.05) is 6.07 Å². The molecule has 0 unspecified atom stereocenters. The number of anilines is 1. The third-order valence-corrected chi connectivity index (χ3v) is 4.67. The minimum Gasteiger partial charge on any atom is -0.436 e. The number of nitrogens with two attached hydrogens (primary N) is 1. The van der Waals surface area contributed by atoms with E-state index in [9.17, 15) is 0 Å². The van der Waals surface area contributed by atoms with Crippen molar-refractivity contribution in [3.05, 3.63) is 44.3 Å². The van der Waals surface area contributed by atoms with Gasteiger partial charge in [0.1, 0.15) is 5.52 Å². The van der Waals surface area contributed by atoms with Gasteiger partial charge < -0.3 is 10.2 Å². The molecule has 3 nitrogen and oxygen atoms in total. The molecule has 20 heavy (non-hydrogen) atoms. The van der Waals surface area contributed by atoms with Crippen molar-refractivity contribution in [1.82, 2.24) is 4.98 Å². The van der Waals surface area contributed by atoms with Gasteiger partial charge in [0.2, 0.25) is 5.89 Å². The number of aromatic nitrogens is 1. The average molecular weight is 396 g/mol. The number of benzene rings is 2. The zero-order chi connectivity index (χ0) is 14.4. The normalized spacial score (nSPS) is 11.2. The Bertz CT molecular complexity index is 824. The maximum Gasteiger partial charge on any atom is 0.229 e. The van der Waals surface area contributed by atoms with E-state index in [1.165, 1.54) is 0 Å². The molecule has 0 saturated carbocycles. The first kappa shape index (κ1) is 13.6. The van der Waals surface area contributed by atoms with Gasteiger partial charge in [-0.3, -0.25) is 0 Å². The predicted octanol–water partition coefficient (Wildman–Crippen LogP) is 5.22. The van der Waals surface area contributed by atoms with Crippen molar-refractivity contribution in [1.29, 1.82) is 0 Å². The van der Waals surface area contributed by atoms with E-state index in [0.29, 0.717) is 11.6 Å². The van der Waals surface area contributed by atoms with E-state index in [-0.39, 0.29) is 0 Å². The molecule has 102 valence electrons. The zero-order valence-corrected chi connectivity index (χ0v) is 14.2. The van der Waals surface area contributed by atoms with Crippen LogP contribution in [-0.4, -0.2) is 4.98 Å². The van der Waals surface area contributed by atoms with E-state index in [1.807, 2.05) is 38.1 Å². The van der Waals surface area contributed by atoms with Gasteiger partial charge in [0, 0.05) is 10.2 Å². The number of hydrogen-bond acceptors (Lipinski definition) is 3. The minimum atomic E-state index is 0.552. The Morgan fingerprint density at radius 3 is 2.65 bits per heavy atom. The molecular weight excluding hydrogens is 384 g/mol. The maximum absolute atomic E-state index is 6.07. The van der Waals surface area contributed by atoms with E-state index >= 15 is 0 Å². The first-order chi connectivity index (χ1) is 9.47. The van der Waals surface area contributed by atoms with Crippen LogP contribution in [0, 0.1) is 13.8 Å². The highest BCUT2D eigenvalue weighted by atomic mass is 79.9. The van der Waals surface area contributed by atoms with Crippen LogP contribution in [0.2, 0.25) is 0 Å². The standard InChI is InChI=1S/C15H12Br2N2O/c1-7-3-4-10-11(5-7)20-15(19-10)12-9(16)6-8(2)14(18)13(12)17/h3-6H,18H2,1-2H3. The highest BCUT2D eigenvalue weighted by Crippen LogP contribution is 2.41. The van der Waals surface area contributed by atoms with E-state index in [1.54, 1.807) is 0 Å². The number of nitrogens with zero attached hydrogens (tertiary/aromatic N) is 1. The van der Waals surface area contributed by atoms with Crippen LogP contribution in [0.5, 0.6) is 0 Å². The Morgan fingerprint density at radius 2 is 1.90 bits per heavy atom. The molecule has 0 bridgehead atoms. The third-order valence-electron chi connectivity index (χ3n) is 3.22. The van der Waals surface area contributed by atoms with Crippen LogP contribution in [0.25, 0.3) is 22.6 Å². The smallest absolute Gasteiger partial charge is 0.229 e. The molecule has 0 saturated heterocycles. The quantitative estimate of drug-likeness (QED) is 0.574. The largest absolute Gasteiger partial charge is 0.436 e. The summed E-state index contributed by atoms with van der Waals surface area (Å²) in [6, 6.07) is 7.92. The van der Waals surface area contributed by atoms with E-state index < -0.39 is 0 Å².